The number of fused-ring (bicyclic) bond motifs is 1. The van der Waals surface area contributed by atoms with Crippen LogP contribution in [0.2, 0.25) is 0 Å². The maximum atomic E-state index is 13.4. The van der Waals surface area contributed by atoms with Gasteiger partial charge in [-0.15, -0.1) is 0 Å². The van der Waals surface area contributed by atoms with E-state index in [0.29, 0.717) is 42.8 Å². The first kappa shape index (κ1) is 35.9. The van der Waals surface area contributed by atoms with Gasteiger partial charge in [0.2, 0.25) is 11.9 Å². The van der Waals surface area contributed by atoms with E-state index in [0.717, 1.165) is 89.3 Å². The number of hydrogen-bond acceptors (Lipinski definition) is 11. The molecule has 7 rings (SSSR count). The normalized spacial score (nSPS) is 20.2. The Bertz CT molecular complexity index is 1740. The predicted octanol–water partition coefficient (Wildman–Crippen LogP) is 3.40. The molecule has 0 spiro atoms. The molecule has 0 radical (unpaired) electrons. The lowest BCUT2D eigenvalue weighted by Gasteiger charge is -2.39. The van der Waals surface area contributed by atoms with Crippen molar-refractivity contribution in [3.05, 3.63) is 70.5 Å². The van der Waals surface area contributed by atoms with Gasteiger partial charge in [-0.2, -0.15) is 0 Å². The van der Waals surface area contributed by atoms with E-state index in [-0.39, 0.29) is 47.5 Å². The summed E-state index contributed by atoms with van der Waals surface area (Å²) in [7, 11) is 0. The summed E-state index contributed by atoms with van der Waals surface area (Å²) in [5.41, 5.74) is 10.7. The lowest BCUT2D eigenvalue weighted by atomic mass is 9.96. The highest BCUT2D eigenvalue weighted by atomic mass is 16.5. The molecule has 52 heavy (non-hydrogen) atoms. The van der Waals surface area contributed by atoms with Gasteiger partial charge in [0.1, 0.15) is 18.1 Å². The fourth-order valence-corrected chi connectivity index (χ4v) is 8.03. The minimum atomic E-state index is -0.224. The summed E-state index contributed by atoms with van der Waals surface area (Å²) in [4.78, 5) is 45.8. The molecule has 1 aromatic heterocycles. The van der Waals surface area contributed by atoms with E-state index in [1.54, 1.807) is 23.4 Å². The van der Waals surface area contributed by atoms with Gasteiger partial charge in [-0.25, -0.2) is 9.97 Å². The highest BCUT2D eigenvalue weighted by molar-refractivity contribution is 5.97. The first-order chi connectivity index (χ1) is 25.1. The minimum absolute atomic E-state index is 0.00267. The molecule has 2 amide bonds. The van der Waals surface area contributed by atoms with Crippen LogP contribution in [0.3, 0.4) is 0 Å². The molecule has 13 nitrogen and oxygen atoms in total. The van der Waals surface area contributed by atoms with Gasteiger partial charge < -0.3 is 40.3 Å². The fraction of sp³-hybridized carbons (Fsp3) is 0.538. The molecule has 2 aromatic carbocycles. The molecule has 278 valence electrons. The van der Waals surface area contributed by atoms with Gasteiger partial charge in [-0.05, 0) is 59.4 Å². The number of amides is 2. The Morgan fingerprint density at radius 2 is 1.58 bits per heavy atom. The second kappa shape index (κ2) is 15.6. The molecule has 0 bridgehead atoms. The number of carbonyl (C=O) groups is 2. The number of likely N-dealkylation sites (tertiary alicyclic amines) is 1. The Morgan fingerprint density at radius 1 is 0.865 bits per heavy atom. The molecule has 13 heteroatoms. The zero-order valence-corrected chi connectivity index (χ0v) is 30.4. The quantitative estimate of drug-likeness (QED) is 0.284. The number of nitrogens with two attached hydrogens (primary N) is 1. The molecule has 3 fully saturated rings. The number of piperazine rings is 1. The second-order valence-corrected chi connectivity index (χ2v) is 15.2. The van der Waals surface area contributed by atoms with Crippen LogP contribution >= 0.6 is 0 Å². The number of piperidine rings is 1. The van der Waals surface area contributed by atoms with Crippen LogP contribution in [0.4, 0.5) is 11.6 Å². The first-order valence-corrected chi connectivity index (χ1v) is 18.7. The van der Waals surface area contributed by atoms with E-state index in [1.165, 1.54) is 11.6 Å². The van der Waals surface area contributed by atoms with Crippen molar-refractivity contribution in [2.45, 2.75) is 64.8 Å². The molecule has 3 aromatic rings. The number of benzene rings is 2. The third-order valence-corrected chi connectivity index (χ3v) is 11.2. The number of nitrogens with zero attached hydrogens (tertiary/aromatic N) is 7. The molecular formula is C39H52N8O5. The summed E-state index contributed by atoms with van der Waals surface area (Å²) >= 11 is 0. The van der Waals surface area contributed by atoms with E-state index < -0.39 is 0 Å². The highest BCUT2D eigenvalue weighted by Gasteiger charge is 2.30. The Morgan fingerprint density at radius 3 is 2.31 bits per heavy atom. The molecule has 4 aliphatic rings. The summed E-state index contributed by atoms with van der Waals surface area (Å²) in [6.45, 7) is 14.1. The smallest absolute Gasteiger partial charge is 0.258 e. The molecule has 5 heterocycles. The Hall–Kier alpha value is -4.46. The molecule has 1 unspecified atom stereocenters. The van der Waals surface area contributed by atoms with Crippen LogP contribution in [0.5, 0.6) is 11.5 Å². The molecular weight excluding hydrogens is 660 g/mol. The Balaban J connectivity index is 0.807. The Labute approximate surface area is 306 Å². The standard InChI is InChI=1S/C39H52N8O5/c1-26(2)33-16-34(36(49)17-35(33)48)38(51)47-22-29-4-3-28(15-30(29)23-47)21-44-13-11-43(12-14-44)20-27-5-8-45(9-6-27)37(50)25-52-32-7-10-46(24-32)39-41-18-31(40)19-42-39/h3-4,15-19,26-27,32,48-49H,5-14,20-25,40H2,1-2H3. The van der Waals surface area contributed by atoms with Crippen molar-refractivity contribution in [1.82, 2.24) is 29.6 Å². The average Bonchev–Trinajstić information content (AvgIpc) is 3.79. The van der Waals surface area contributed by atoms with Crippen LogP contribution in [-0.2, 0) is 29.2 Å². The van der Waals surface area contributed by atoms with Crippen molar-refractivity contribution in [2.75, 3.05) is 76.1 Å². The number of anilines is 2. The van der Waals surface area contributed by atoms with Gasteiger partial charge in [0.05, 0.1) is 29.7 Å². The zero-order valence-electron chi connectivity index (χ0n) is 30.4. The Kier molecular flexibility index (Phi) is 10.8. The van der Waals surface area contributed by atoms with E-state index in [9.17, 15) is 19.8 Å². The number of aromatic hydroxyl groups is 2. The van der Waals surface area contributed by atoms with Gasteiger partial charge in [-0.3, -0.25) is 14.5 Å². The van der Waals surface area contributed by atoms with Crippen molar-refractivity contribution < 1.29 is 24.5 Å². The van der Waals surface area contributed by atoms with E-state index in [1.807, 2.05) is 18.7 Å². The van der Waals surface area contributed by atoms with Gasteiger partial charge in [-0.1, -0.05) is 32.0 Å². The van der Waals surface area contributed by atoms with E-state index in [2.05, 4.69) is 42.9 Å². The van der Waals surface area contributed by atoms with Crippen molar-refractivity contribution in [2.24, 2.45) is 5.92 Å². The van der Waals surface area contributed by atoms with Gasteiger partial charge >= 0.3 is 0 Å². The second-order valence-electron chi connectivity index (χ2n) is 15.2. The number of hydrogen-bond donors (Lipinski definition) is 3. The topological polar surface area (TPSA) is 152 Å². The van der Waals surface area contributed by atoms with Crippen molar-refractivity contribution >= 4 is 23.5 Å². The molecule has 3 saturated heterocycles. The van der Waals surface area contributed by atoms with E-state index >= 15 is 0 Å². The zero-order chi connectivity index (χ0) is 36.4. The number of aromatic nitrogens is 2. The van der Waals surface area contributed by atoms with Gasteiger partial charge in [0, 0.05) is 84.6 Å². The average molecular weight is 713 g/mol. The van der Waals surface area contributed by atoms with Crippen LogP contribution in [-0.4, -0.2) is 123 Å². The third kappa shape index (κ3) is 8.27. The number of nitrogen functional groups attached to an aromatic ring is 1. The lowest BCUT2D eigenvalue weighted by molar-refractivity contribution is -0.139. The summed E-state index contributed by atoms with van der Waals surface area (Å²) in [5, 5.41) is 20.7. The lowest BCUT2D eigenvalue weighted by Crippen LogP contribution is -2.49. The maximum absolute atomic E-state index is 13.4. The van der Waals surface area contributed by atoms with E-state index in [4.69, 9.17) is 10.5 Å². The summed E-state index contributed by atoms with van der Waals surface area (Å²) in [5.74, 6) is 0.952. The maximum Gasteiger partial charge on any atom is 0.258 e. The van der Waals surface area contributed by atoms with Gasteiger partial charge in [0.25, 0.3) is 5.91 Å². The summed E-state index contributed by atoms with van der Waals surface area (Å²) in [6, 6.07) is 9.43. The third-order valence-electron chi connectivity index (χ3n) is 11.2. The van der Waals surface area contributed by atoms with Crippen LogP contribution in [0.15, 0.2) is 42.7 Å². The van der Waals surface area contributed by atoms with Gasteiger partial charge in [0.15, 0.2) is 0 Å². The summed E-state index contributed by atoms with van der Waals surface area (Å²) < 4.78 is 6.01. The number of phenols is 2. The highest BCUT2D eigenvalue weighted by Crippen LogP contribution is 2.35. The molecule has 4 N–H and O–H groups in total. The van der Waals surface area contributed by atoms with Crippen LogP contribution in [0.25, 0.3) is 0 Å². The molecule has 0 saturated carbocycles. The first-order valence-electron chi connectivity index (χ1n) is 18.7. The van der Waals surface area contributed by atoms with Crippen LogP contribution in [0.1, 0.15) is 71.6 Å². The predicted molar refractivity (Wildman–Crippen MR) is 198 cm³/mol. The number of rotatable bonds is 10. The molecule has 4 aliphatic heterocycles. The fourth-order valence-electron chi connectivity index (χ4n) is 8.03. The minimum Gasteiger partial charge on any atom is -0.508 e. The molecule has 1 atom stereocenters. The van der Waals surface area contributed by atoms with Crippen LogP contribution in [0, 0.1) is 5.92 Å². The van der Waals surface area contributed by atoms with Crippen molar-refractivity contribution in [3.8, 4) is 11.5 Å². The largest absolute Gasteiger partial charge is 0.508 e. The molecule has 0 aliphatic carbocycles. The van der Waals surface area contributed by atoms with Crippen molar-refractivity contribution in [1.29, 1.82) is 0 Å². The number of phenolic OH excluding ortho intramolecular Hbond substituents is 2. The van der Waals surface area contributed by atoms with Crippen LogP contribution < -0.4 is 10.6 Å². The van der Waals surface area contributed by atoms with Crippen molar-refractivity contribution in [3.63, 3.8) is 0 Å². The number of carbonyl (C=O) groups excluding carboxylic acids is 2. The number of ether oxygens (including phenoxy) is 1. The SMILES string of the molecule is CC(C)c1cc(C(=O)N2Cc3ccc(CN4CCN(CC5CCN(C(=O)COC6CCN(c7ncc(N)cn7)C6)CC5)CC4)cc3C2)c(O)cc1O. The summed E-state index contributed by atoms with van der Waals surface area (Å²) in [6.07, 6.45) is 6.11. The monoisotopic (exact) mass is 712 g/mol.